The minimum Gasteiger partial charge on any atom is -0.340 e. The van der Waals surface area contributed by atoms with Gasteiger partial charge >= 0.3 is 6.18 Å². The first-order valence-corrected chi connectivity index (χ1v) is 4.71. The van der Waals surface area contributed by atoms with Crippen LogP contribution in [-0.4, -0.2) is 10.4 Å². The zero-order valence-electron chi connectivity index (χ0n) is 8.53. The normalized spacial score (nSPS) is 11.8. The summed E-state index contributed by atoms with van der Waals surface area (Å²) in [6, 6.07) is 4.76. The Morgan fingerprint density at radius 1 is 1.29 bits per heavy atom. The molecule has 2 rings (SSSR count). The summed E-state index contributed by atoms with van der Waals surface area (Å²) in [7, 11) is 0. The van der Waals surface area contributed by atoms with Crippen LogP contribution >= 0.6 is 0 Å². The Morgan fingerprint density at radius 3 is 2.71 bits per heavy atom. The van der Waals surface area contributed by atoms with Crippen molar-refractivity contribution in [2.24, 2.45) is 5.73 Å². The van der Waals surface area contributed by atoms with Crippen LogP contribution in [0.2, 0.25) is 0 Å². The third-order valence-corrected chi connectivity index (χ3v) is 2.20. The van der Waals surface area contributed by atoms with E-state index in [1.165, 1.54) is 12.1 Å². The van der Waals surface area contributed by atoms with Crippen molar-refractivity contribution in [2.45, 2.75) is 12.7 Å². The molecule has 0 amide bonds. The summed E-state index contributed by atoms with van der Waals surface area (Å²) in [4.78, 5) is 0. The van der Waals surface area contributed by atoms with E-state index in [0.717, 1.165) is 12.1 Å². The smallest absolute Gasteiger partial charge is 0.340 e. The van der Waals surface area contributed by atoms with Crippen molar-refractivity contribution >= 4 is 0 Å². The van der Waals surface area contributed by atoms with Crippen LogP contribution in [0.25, 0.3) is 11.3 Å². The van der Waals surface area contributed by atoms with Crippen LogP contribution in [0, 0.1) is 0 Å². The molecular weight excluding hydrogens is 235 g/mol. The predicted molar refractivity (Wildman–Crippen MR) is 52.6 cm³/mol. The maximum Gasteiger partial charge on any atom is 0.416 e. The molecule has 0 aliphatic heterocycles. The lowest BCUT2D eigenvalue weighted by atomic mass is 10.1. The van der Waals surface area contributed by atoms with Gasteiger partial charge in [0.05, 0.1) is 12.1 Å². The molecule has 90 valence electrons. The fourth-order valence-electron chi connectivity index (χ4n) is 1.41. The van der Waals surface area contributed by atoms with Crippen LogP contribution in [0.1, 0.15) is 11.3 Å². The van der Waals surface area contributed by atoms with Crippen molar-refractivity contribution < 1.29 is 17.7 Å². The van der Waals surface area contributed by atoms with Crippen LogP contribution in [0.3, 0.4) is 0 Å². The summed E-state index contributed by atoms with van der Waals surface area (Å²) in [5.41, 5.74) is 5.13. The van der Waals surface area contributed by atoms with Crippen molar-refractivity contribution in [3.63, 3.8) is 0 Å². The maximum atomic E-state index is 12.5. The lowest BCUT2D eigenvalue weighted by Crippen LogP contribution is -2.05. The van der Waals surface area contributed by atoms with Gasteiger partial charge in [-0.25, -0.2) is 0 Å². The number of halogens is 3. The van der Waals surface area contributed by atoms with Gasteiger partial charge in [0.15, 0.2) is 5.76 Å². The quantitative estimate of drug-likeness (QED) is 0.878. The molecule has 0 fully saturated rings. The number of rotatable bonds is 2. The first-order chi connectivity index (χ1) is 8.02. The van der Waals surface area contributed by atoms with Gasteiger partial charge in [-0.05, 0) is 12.1 Å². The second-order valence-electron chi connectivity index (χ2n) is 3.33. The minimum absolute atomic E-state index is 0.0264. The van der Waals surface area contributed by atoms with Gasteiger partial charge < -0.3 is 10.3 Å². The fraction of sp³-hybridized carbons (Fsp3) is 0.200. The number of alkyl halides is 3. The second kappa shape index (κ2) is 4.17. The standard InChI is InChI=1S/C10H8F3N3O/c11-10(12,13)7-3-1-2-6(4-7)9-8(5-14)17-16-15-9/h1-4H,5,14H2. The van der Waals surface area contributed by atoms with Crippen molar-refractivity contribution in [3.8, 4) is 11.3 Å². The summed E-state index contributed by atoms with van der Waals surface area (Å²) in [6.45, 7) is 0.0264. The molecule has 0 saturated carbocycles. The van der Waals surface area contributed by atoms with Gasteiger partial charge in [0, 0.05) is 10.8 Å². The summed E-state index contributed by atoms with van der Waals surface area (Å²) >= 11 is 0. The molecule has 2 aromatic rings. The topological polar surface area (TPSA) is 64.9 Å². The van der Waals surface area contributed by atoms with E-state index in [-0.39, 0.29) is 23.6 Å². The van der Waals surface area contributed by atoms with Crippen LogP contribution in [0.5, 0.6) is 0 Å². The zero-order valence-corrected chi connectivity index (χ0v) is 8.53. The predicted octanol–water partition coefficient (Wildman–Crippen LogP) is 2.21. The molecule has 1 aromatic heterocycles. The molecule has 4 nitrogen and oxygen atoms in total. The molecule has 0 bridgehead atoms. The first kappa shape index (κ1) is 11.6. The number of benzene rings is 1. The summed E-state index contributed by atoms with van der Waals surface area (Å²) in [5, 5.41) is 6.89. The van der Waals surface area contributed by atoms with Crippen LogP contribution in [0.4, 0.5) is 13.2 Å². The second-order valence-corrected chi connectivity index (χ2v) is 3.33. The van der Waals surface area contributed by atoms with E-state index in [4.69, 9.17) is 10.3 Å². The summed E-state index contributed by atoms with van der Waals surface area (Å²) in [5.74, 6) is 0.254. The van der Waals surface area contributed by atoms with E-state index in [0.29, 0.717) is 0 Å². The van der Waals surface area contributed by atoms with E-state index in [2.05, 4.69) is 10.4 Å². The average molecular weight is 243 g/mol. The summed E-state index contributed by atoms with van der Waals surface area (Å²) < 4.78 is 42.2. The Labute approximate surface area is 94.2 Å². The Kier molecular flexibility index (Phi) is 2.84. The van der Waals surface area contributed by atoms with Gasteiger partial charge in [-0.2, -0.15) is 13.2 Å². The number of aromatic nitrogens is 2. The average Bonchev–Trinajstić information content (AvgIpc) is 2.76. The molecule has 1 aromatic carbocycles. The largest absolute Gasteiger partial charge is 0.416 e. The van der Waals surface area contributed by atoms with Gasteiger partial charge in [0.2, 0.25) is 0 Å². The molecule has 0 aliphatic carbocycles. The third-order valence-electron chi connectivity index (χ3n) is 2.20. The zero-order chi connectivity index (χ0) is 12.5. The number of nitrogens with zero attached hydrogens (tertiary/aromatic N) is 2. The van der Waals surface area contributed by atoms with E-state index in [1.54, 1.807) is 0 Å². The lowest BCUT2D eigenvalue weighted by molar-refractivity contribution is -0.137. The van der Waals surface area contributed by atoms with Gasteiger partial charge in [0.25, 0.3) is 0 Å². The molecule has 0 spiro atoms. The van der Waals surface area contributed by atoms with E-state index >= 15 is 0 Å². The highest BCUT2D eigenvalue weighted by Crippen LogP contribution is 2.32. The first-order valence-electron chi connectivity index (χ1n) is 4.71. The van der Waals surface area contributed by atoms with E-state index in [1.807, 2.05) is 0 Å². The van der Waals surface area contributed by atoms with Crippen molar-refractivity contribution in [2.75, 3.05) is 0 Å². The van der Waals surface area contributed by atoms with E-state index < -0.39 is 11.7 Å². The Morgan fingerprint density at radius 2 is 2.06 bits per heavy atom. The third kappa shape index (κ3) is 2.28. The molecule has 0 radical (unpaired) electrons. The summed E-state index contributed by atoms with van der Waals surface area (Å²) in [6.07, 6.45) is -4.39. The molecule has 0 unspecified atom stereocenters. The van der Waals surface area contributed by atoms with Crippen LogP contribution in [-0.2, 0) is 12.7 Å². The Balaban J connectivity index is 2.47. The van der Waals surface area contributed by atoms with Crippen LogP contribution in [0.15, 0.2) is 28.8 Å². The molecule has 0 aliphatic rings. The SMILES string of the molecule is NCc1onnc1-c1cccc(C(F)(F)F)c1. The Hall–Kier alpha value is -1.89. The highest BCUT2D eigenvalue weighted by molar-refractivity contribution is 5.61. The highest BCUT2D eigenvalue weighted by Gasteiger charge is 2.30. The lowest BCUT2D eigenvalue weighted by Gasteiger charge is -2.07. The van der Waals surface area contributed by atoms with Crippen molar-refractivity contribution in [3.05, 3.63) is 35.6 Å². The highest BCUT2D eigenvalue weighted by atomic mass is 19.4. The van der Waals surface area contributed by atoms with E-state index in [9.17, 15) is 13.2 Å². The number of nitrogens with two attached hydrogens (primary N) is 1. The molecule has 2 N–H and O–H groups in total. The maximum absolute atomic E-state index is 12.5. The van der Waals surface area contributed by atoms with Gasteiger partial charge in [-0.1, -0.05) is 12.1 Å². The van der Waals surface area contributed by atoms with Gasteiger partial charge in [0.1, 0.15) is 5.69 Å². The fourth-order valence-corrected chi connectivity index (χ4v) is 1.41. The molecule has 0 atom stereocenters. The van der Waals surface area contributed by atoms with Crippen LogP contribution < -0.4 is 5.73 Å². The number of hydrogen-bond acceptors (Lipinski definition) is 4. The minimum atomic E-state index is -4.39. The monoisotopic (exact) mass is 243 g/mol. The van der Waals surface area contributed by atoms with Gasteiger partial charge in [-0.15, -0.1) is 5.10 Å². The van der Waals surface area contributed by atoms with Crippen molar-refractivity contribution in [1.29, 1.82) is 0 Å². The Bertz CT molecular complexity index is 522. The van der Waals surface area contributed by atoms with Gasteiger partial charge in [-0.3, -0.25) is 0 Å². The number of hydrogen-bond donors (Lipinski definition) is 1. The molecule has 1 heterocycles. The van der Waals surface area contributed by atoms with Crippen molar-refractivity contribution in [1.82, 2.24) is 10.4 Å². The molecule has 0 saturated heterocycles. The molecular formula is C10H8F3N3O. The molecule has 17 heavy (non-hydrogen) atoms. The molecule has 7 heteroatoms.